The minimum absolute atomic E-state index is 0.0241. The predicted octanol–water partition coefficient (Wildman–Crippen LogP) is 3.45. The molecule has 0 spiro atoms. The summed E-state index contributed by atoms with van der Waals surface area (Å²) in [7, 11) is 1.59. The number of nitrogens with one attached hydrogen (secondary N) is 3. The lowest BCUT2D eigenvalue weighted by Crippen LogP contribution is -2.53. The third-order valence-corrected chi connectivity index (χ3v) is 7.36. The molecule has 2 atom stereocenters. The third-order valence-electron chi connectivity index (χ3n) is 7.02. The molecule has 10 heteroatoms. The minimum Gasteiger partial charge on any atom is -0.448 e. The normalized spacial score (nSPS) is 13.4. The second-order valence-corrected chi connectivity index (χ2v) is 11.6. The molecule has 216 valence electrons. The van der Waals surface area contributed by atoms with Crippen LogP contribution in [-0.4, -0.2) is 74.7 Å². The Bertz CT molecular complexity index is 866. The fourth-order valence-electron chi connectivity index (χ4n) is 3.80. The second-order valence-electron chi connectivity index (χ2n) is 11.0. The van der Waals surface area contributed by atoms with Crippen molar-refractivity contribution >= 4 is 30.5 Å². The molecule has 0 aliphatic carbocycles. The topological polar surface area (TPSA) is 109 Å². The smallest absolute Gasteiger partial charge is 0.408 e. The Morgan fingerprint density at radius 2 is 1.68 bits per heavy atom. The van der Waals surface area contributed by atoms with Crippen molar-refractivity contribution in [2.24, 2.45) is 16.7 Å². The van der Waals surface area contributed by atoms with E-state index in [0.29, 0.717) is 32.7 Å². The second kappa shape index (κ2) is 16.6. The summed E-state index contributed by atoms with van der Waals surface area (Å²) >= 11 is 4.40. The summed E-state index contributed by atoms with van der Waals surface area (Å²) in [5.74, 6) is 0.0167. The fraction of sp³-hybridized carbons (Fsp3) is 0.679. The summed E-state index contributed by atoms with van der Waals surface area (Å²) in [6.07, 6.45) is -0.0287. The number of thiol groups is 1. The molecule has 1 aromatic carbocycles. The van der Waals surface area contributed by atoms with Crippen molar-refractivity contribution in [2.45, 2.75) is 59.9 Å². The van der Waals surface area contributed by atoms with Crippen LogP contribution >= 0.6 is 12.6 Å². The molecule has 0 aliphatic rings. The van der Waals surface area contributed by atoms with Crippen LogP contribution in [0.15, 0.2) is 30.3 Å². The standard InChI is InChI=1S/C28H48N4O5S/c1-21(18-30-22(2)33)17-24(38)31-26(35)37-16-14-32(13-15-36-7)25(34)28(5,6)27(3,4)20-29-19-23-11-9-8-10-12-23/h8-12,21,24,29,38H,13-20H2,1-7H3,(H,30,33)(H,31,35). The van der Waals surface area contributed by atoms with Gasteiger partial charge in [0.15, 0.2) is 0 Å². The molecule has 1 aromatic rings. The van der Waals surface area contributed by atoms with Gasteiger partial charge in [0.1, 0.15) is 6.61 Å². The molecule has 0 saturated carbocycles. The first-order valence-electron chi connectivity index (χ1n) is 13.2. The number of alkyl carbamates (subject to hydrolysis) is 1. The highest BCUT2D eigenvalue weighted by molar-refractivity contribution is 7.80. The number of hydrogen-bond donors (Lipinski definition) is 4. The van der Waals surface area contributed by atoms with E-state index >= 15 is 0 Å². The molecule has 3 amide bonds. The molecule has 0 saturated heterocycles. The Kier molecular flexibility index (Phi) is 14.7. The Balaban J connectivity index is 2.63. The Labute approximate surface area is 234 Å². The number of rotatable bonds is 17. The molecule has 0 heterocycles. The quantitative estimate of drug-likeness (QED) is 0.174. The lowest BCUT2D eigenvalue weighted by molar-refractivity contribution is -0.148. The van der Waals surface area contributed by atoms with Crippen LogP contribution in [0, 0.1) is 16.7 Å². The SMILES string of the molecule is COCCN(CCOC(=O)NC(S)CC(C)CNC(C)=O)C(=O)C(C)(C)C(C)(C)CNCc1ccccc1. The van der Waals surface area contributed by atoms with Gasteiger partial charge in [-0.1, -0.05) is 65.0 Å². The van der Waals surface area contributed by atoms with Crippen molar-refractivity contribution < 1.29 is 23.9 Å². The highest BCUT2D eigenvalue weighted by Gasteiger charge is 2.44. The maximum atomic E-state index is 13.7. The van der Waals surface area contributed by atoms with Gasteiger partial charge in [0.2, 0.25) is 11.8 Å². The molecule has 1 rings (SSSR count). The number of amides is 3. The number of carbonyl (C=O) groups excluding carboxylic acids is 3. The number of benzene rings is 1. The first-order valence-corrected chi connectivity index (χ1v) is 13.7. The van der Waals surface area contributed by atoms with Crippen LogP contribution in [0.3, 0.4) is 0 Å². The van der Waals surface area contributed by atoms with Crippen LogP contribution in [0.1, 0.15) is 53.5 Å². The molecule has 0 bridgehead atoms. The Hall–Kier alpha value is -2.30. The van der Waals surface area contributed by atoms with Crippen LogP contribution in [0.4, 0.5) is 4.79 Å². The summed E-state index contributed by atoms with van der Waals surface area (Å²) in [6.45, 7) is 14.5. The summed E-state index contributed by atoms with van der Waals surface area (Å²) in [6, 6.07) is 10.2. The van der Waals surface area contributed by atoms with Crippen LogP contribution in [-0.2, 0) is 25.6 Å². The van der Waals surface area contributed by atoms with Gasteiger partial charge in [-0.2, -0.15) is 12.6 Å². The van der Waals surface area contributed by atoms with Gasteiger partial charge in [-0.3, -0.25) is 9.59 Å². The van der Waals surface area contributed by atoms with E-state index in [4.69, 9.17) is 9.47 Å². The minimum atomic E-state index is -0.688. The van der Waals surface area contributed by atoms with Gasteiger partial charge in [-0.25, -0.2) is 4.79 Å². The highest BCUT2D eigenvalue weighted by Crippen LogP contribution is 2.39. The number of methoxy groups -OCH3 is 1. The predicted molar refractivity (Wildman–Crippen MR) is 154 cm³/mol. The number of hydrogen-bond acceptors (Lipinski definition) is 7. The van der Waals surface area contributed by atoms with Gasteiger partial charge in [0.25, 0.3) is 0 Å². The zero-order valence-corrected chi connectivity index (χ0v) is 25.0. The van der Waals surface area contributed by atoms with Crippen molar-refractivity contribution in [3.05, 3.63) is 35.9 Å². The van der Waals surface area contributed by atoms with E-state index in [2.05, 4.69) is 54.6 Å². The fourth-order valence-corrected chi connectivity index (χ4v) is 4.27. The van der Waals surface area contributed by atoms with Gasteiger partial charge in [-0.05, 0) is 23.3 Å². The molecule has 0 aliphatic heterocycles. The first-order chi connectivity index (χ1) is 17.8. The van der Waals surface area contributed by atoms with Crippen molar-refractivity contribution in [1.29, 1.82) is 0 Å². The molecule has 0 aromatic heterocycles. The van der Waals surface area contributed by atoms with E-state index in [1.165, 1.54) is 12.5 Å². The molecule has 9 nitrogen and oxygen atoms in total. The first kappa shape index (κ1) is 33.7. The molecule has 3 N–H and O–H groups in total. The Morgan fingerprint density at radius 3 is 2.29 bits per heavy atom. The summed E-state index contributed by atoms with van der Waals surface area (Å²) in [5.41, 5.74) is 0.151. The molecule has 38 heavy (non-hydrogen) atoms. The van der Waals surface area contributed by atoms with Gasteiger partial charge in [-0.15, -0.1) is 0 Å². The van der Waals surface area contributed by atoms with Crippen molar-refractivity contribution in [2.75, 3.05) is 46.5 Å². The summed E-state index contributed by atoms with van der Waals surface area (Å²) in [5, 5.41) is 8.51. The molecular weight excluding hydrogens is 504 g/mol. The lowest BCUT2D eigenvalue weighted by atomic mass is 9.67. The van der Waals surface area contributed by atoms with E-state index < -0.39 is 16.9 Å². The number of carbonyl (C=O) groups is 3. The molecule has 2 unspecified atom stereocenters. The van der Waals surface area contributed by atoms with E-state index in [-0.39, 0.29) is 36.3 Å². The monoisotopic (exact) mass is 552 g/mol. The van der Waals surface area contributed by atoms with Crippen molar-refractivity contribution in [3.8, 4) is 0 Å². The van der Waals surface area contributed by atoms with Gasteiger partial charge in [0.05, 0.1) is 23.9 Å². The number of nitrogens with zero attached hydrogens (tertiary/aromatic N) is 1. The maximum Gasteiger partial charge on any atom is 0.408 e. The van der Waals surface area contributed by atoms with E-state index in [1.807, 2.05) is 39.0 Å². The number of ether oxygens (including phenoxy) is 2. The van der Waals surface area contributed by atoms with E-state index in [9.17, 15) is 14.4 Å². The van der Waals surface area contributed by atoms with E-state index in [0.717, 1.165) is 6.54 Å². The van der Waals surface area contributed by atoms with Gasteiger partial charge >= 0.3 is 6.09 Å². The average molecular weight is 553 g/mol. The van der Waals surface area contributed by atoms with Crippen molar-refractivity contribution in [1.82, 2.24) is 20.9 Å². The van der Waals surface area contributed by atoms with E-state index in [1.54, 1.807) is 12.0 Å². The van der Waals surface area contributed by atoms with Crippen LogP contribution in [0.5, 0.6) is 0 Å². The zero-order valence-electron chi connectivity index (χ0n) is 24.1. The van der Waals surface area contributed by atoms with Crippen LogP contribution < -0.4 is 16.0 Å². The largest absolute Gasteiger partial charge is 0.448 e. The molecule has 0 fully saturated rings. The lowest BCUT2D eigenvalue weighted by Gasteiger charge is -2.43. The van der Waals surface area contributed by atoms with Crippen LogP contribution in [0.25, 0.3) is 0 Å². The molecule has 0 radical (unpaired) electrons. The van der Waals surface area contributed by atoms with Crippen LogP contribution in [0.2, 0.25) is 0 Å². The zero-order chi connectivity index (χ0) is 28.8. The van der Waals surface area contributed by atoms with Gasteiger partial charge in [0, 0.05) is 40.2 Å². The van der Waals surface area contributed by atoms with Crippen molar-refractivity contribution in [3.63, 3.8) is 0 Å². The highest BCUT2D eigenvalue weighted by atomic mass is 32.1. The Morgan fingerprint density at radius 1 is 1.05 bits per heavy atom. The third kappa shape index (κ3) is 12.0. The summed E-state index contributed by atoms with van der Waals surface area (Å²) in [4.78, 5) is 38.7. The summed E-state index contributed by atoms with van der Waals surface area (Å²) < 4.78 is 10.6. The average Bonchev–Trinajstić information content (AvgIpc) is 2.84. The maximum absolute atomic E-state index is 13.7. The molecular formula is C28H48N4O5S. The van der Waals surface area contributed by atoms with Gasteiger partial charge < -0.3 is 30.3 Å².